The number of carbonyl (C=O) groups excluding carboxylic acids is 1. The summed E-state index contributed by atoms with van der Waals surface area (Å²) >= 11 is 0. The number of hydrogen-bond donors (Lipinski definition) is 1. The van der Waals surface area contributed by atoms with Crippen LogP contribution in [0.1, 0.15) is 41.7 Å². The van der Waals surface area contributed by atoms with Gasteiger partial charge in [-0.15, -0.1) is 0 Å². The Labute approximate surface area is 112 Å². The molecule has 0 bridgehead atoms. The molecular weight excluding hydrogens is 246 g/mol. The van der Waals surface area contributed by atoms with Crippen LogP contribution in [0.4, 0.5) is 0 Å². The molecule has 2 atom stereocenters. The van der Waals surface area contributed by atoms with Gasteiger partial charge in [0.1, 0.15) is 5.69 Å². The molecule has 1 aromatic rings. The van der Waals surface area contributed by atoms with Gasteiger partial charge in [-0.05, 0) is 13.8 Å². The number of ether oxygens (including phenoxy) is 2. The lowest BCUT2D eigenvalue weighted by Crippen LogP contribution is -2.49. The minimum absolute atomic E-state index is 0.0569. The zero-order chi connectivity index (χ0) is 13.6. The monoisotopic (exact) mass is 265 g/mol. The molecular formula is C13H19N3O3. The van der Waals surface area contributed by atoms with Crippen molar-refractivity contribution in [3.05, 3.63) is 17.0 Å². The predicted molar refractivity (Wildman–Crippen MR) is 67.9 cm³/mol. The highest BCUT2D eigenvalue weighted by Gasteiger charge is 2.32. The standard InChI is InChI=1S/C13H19N3O3/c1-7-4-10-11(8(2)19-7)15-16(3)12(10)13(17)14-9-5-18-6-9/h7-9H,4-6H2,1-3H3,(H,14,17)/t7-,8+/m1/s1. The molecule has 0 unspecified atom stereocenters. The number of rotatable bonds is 2. The van der Waals surface area contributed by atoms with E-state index in [0.29, 0.717) is 18.9 Å². The quantitative estimate of drug-likeness (QED) is 0.849. The Morgan fingerprint density at radius 3 is 2.79 bits per heavy atom. The first-order valence-electron chi connectivity index (χ1n) is 6.66. The molecule has 0 aromatic carbocycles. The lowest BCUT2D eigenvalue weighted by atomic mass is 9.99. The molecule has 6 nitrogen and oxygen atoms in total. The van der Waals surface area contributed by atoms with E-state index in [1.54, 1.807) is 4.68 Å². The van der Waals surface area contributed by atoms with Crippen LogP contribution in [0.2, 0.25) is 0 Å². The molecule has 1 amide bonds. The summed E-state index contributed by atoms with van der Waals surface area (Å²) in [7, 11) is 1.81. The van der Waals surface area contributed by atoms with Gasteiger partial charge in [-0.3, -0.25) is 9.48 Å². The number of amides is 1. The number of aromatic nitrogens is 2. The van der Waals surface area contributed by atoms with Gasteiger partial charge in [-0.2, -0.15) is 5.10 Å². The van der Waals surface area contributed by atoms with Crippen molar-refractivity contribution in [2.75, 3.05) is 13.2 Å². The Hall–Kier alpha value is -1.40. The normalized spacial score (nSPS) is 26.7. The fraction of sp³-hybridized carbons (Fsp3) is 0.692. The van der Waals surface area contributed by atoms with Gasteiger partial charge in [0.15, 0.2) is 0 Å². The minimum Gasteiger partial charge on any atom is -0.377 e. The van der Waals surface area contributed by atoms with Crippen LogP contribution in [0.5, 0.6) is 0 Å². The molecule has 1 saturated heterocycles. The molecule has 0 spiro atoms. The van der Waals surface area contributed by atoms with E-state index < -0.39 is 0 Å². The molecule has 1 N–H and O–H groups in total. The van der Waals surface area contributed by atoms with Crippen molar-refractivity contribution in [2.24, 2.45) is 7.05 Å². The first-order valence-corrected chi connectivity index (χ1v) is 6.66. The maximum absolute atomic E-state index is 12.3. The van der Waals surface area contributed by atoms with E-state index in [-0.39, 0.29) is 24.2 Å². The van der Waals surface area contributed by atoms with Crippen LogP contribution in [0.3, 0.4) is 0 Å². The lowest BCUT2D eigenvalue weighted by molar-refractivity contribution is -0.00754. The molecule has 1 aromatic heterocycles. The maximum Gasteiger partial charge on any atom is 0.270 e. The van der Waals surface area contributed by atoms with Crippen LogP contribution < -0.4 is 5.32 Å². The number of nitrogens with one attached hydrogen (secondary N) is 1. The third-order valence-electron chi connectivity index (χ3n) is 3.68. The van der Waals surface area contributed by atoms with Crippen molar-refractivity contribution in [3.63, 3.8) is 0 Å². The fourth-order valence-corrected chi connectivity index (χ4v) is 2.72. The number of aryl methyl sites for hydroxylation is 1. The van der Waals surface area contributed by atoms with Crippen LogP contribution in [0.25, 0.3) is 0 Å². The highest BCUT2D eigenvalue weighted by atomic mass is 16.5. The molecule has 6 heteroatoms. The Morgan fingerprint density at radius 2 is 2.16 bits per heavy atom. The van der Waals surface area contributed by atoms with Crippen molar-refractivity contribution in [3.8, 4) is 0 Å². The number of nitrogens with zero attached hydrogens (tertiary/aromatic N) is 2. The Balaban J connectivity index is 1.90. The molecule has 104 valence electrons. The maximum atomic E-state index is 12.3. The van der Waals surface area contributed by atoms with Gasteiger partial charge >= 0.3 is 0 Å². The van der Waals surface area contributed by atoms with Gasteiger partial charge in [0.05, 0.1) is 37.2 Å². The first kappa shape index (κ1) is 12.6. The van der Waals surface area contributed by atoms with Gasteiger partial charge in [0.25, 0.3) is 5.91 Å². The molecule has 0 aliphatic carbocycles. The summed E-state index contributed by atoms with van der Waals surface area (Å²) in [6.07, 6.45) is 0.793. The van der Waals surface area contributed by atoms with E-state index in [1.165, 1.54) is 0 Å². The molecule has 0 saturated carbocycles. The Morgan fingerprint density at radius 1 is 1.42 bits per heavy atom. The lowest BCUT2D eigenvalue weighted by Gasteiger charge is -2.27. The van der Waals surface area contributed by atoms with E-state index >= 15 is 0 Å². The van der Waals surface area contributed by atoms with Crippen molar-refractivity contribution in [1.29, 1.82) is 0 Å². The number of hydrogen-bond acceptors (Lipinski definition) is 4. The van der Waals surface area contributed by atoms with E-state index in [4.69, 9.17) is 9.47 Å². The molecule has 2 aliphatic rings. The smallest absolute Gasteiger partial charge is 0.270 e. The van der Waals surface area contributed by atoms with Crippen LogP contribution in [0.15, 0.2) is 0 Å². The predicted octanol–water partition coefficient (Wildman–Crippen LogP) is 0.571. The topological polar surface area (TPSA) is 65.4 Å². The van der Waals surface area contributed by atoms with E-state index in [2.05, 4.69) is 10.4 Å². The molecule has 3 rings (SSSR count). The summed E-state index contributed by atoms with van der Waals surface area (Å²) < 4.78 is 12.5. The van der Waals surface area contributed by atoms with E-state index in [1.807, 2.05) is 20.9 Å². The highest BCUT2D eigenvalue weighted by Crippen LogP contribution is 2.31. The highest BCUT2D eigenvalue weighted by molar-refractivity contribution is 5.94. The summed E-state index contributed by atoms with van der Waals surface area (Å²) in [5, 5.41) is 7.41. The van der Waals surface area contributed by atoms with Crippen LogP contribution in [0, 0.1) is 0 Å². The van der Waals surface area contributed by atoms with Crippen molar-refractivity contribution in [2.45, 2.75) is 38.5 Å². The summed E-state index contributed by atoms with van der Waals surface area (Å²) in [6.45, 7) is 5.19. The van der Waals surface area contributed by atoms with Gasteiger partial charge in [-0.1, -0.05) is 0 Å². The Bertz CT molecular complexity index is 507. The second-order valence-corrected chi connectivity index (χ2v) is 5.34. The van der Waals surface area contributed by atoms with Crippen LogP contribution >= 0.6 is 0 Å². The Kier molecular flexibility index (Phi) is 3.06. The van der Waals surface area contributed by atoms with Crippen molar-refractivity contribution in [1.82, 2.24) is 15.1 Å². The third kappa shape index (κ3) is 2.15. The first-order chi connectivity index (χ1) is 9.06. The molecule has 0 radical (unpaired) electrons. The molecule has 3 heterocycles. The van der Waals surface area contributed by atoms with Gasteiger partial charge < -0.3 is 14.8 Å². The van der Waals surface area contributed by atoms with E-state index in [9.17, 15) is 4.79 Å². The average molecular weight is 265 g/mol. The van der Waals surface area contributed by atoms with Crippen molar-refractivity contribution < 1.29 is 14.3 Å². The largest absolute Gasteiger partial charge is 0.377 e. The van der Waals surface area contributed by atoms with Crippen molar-refractivity contribution >= 4 is 5.91 Å². The number of carbonyl (C=O) groups is 1. The van der Waals surface area contributed by atoms with Gasteiger partial charge in [0, 0.05) is 19.0 Å². The summed E-state index contributed by atoms with van der Waals surface area (Å²) in [4.78, 5) is 12.3. The summed E-state index contributed by atoms with van der Waals surface area (Å²) in [5.74, 6) is -0.0640. The van der Waals surface area contributed by atoms with Crippen LogP contribution in [-0.2, 0) is 22.9 Å². The molecule has 1 fully saturated rings. The zero-order valence-electron chi connectivity index (χ0n) is 11.5. The second kappa shape index (κ2) is 4.61. The third-order valence-corrected chi connectivity index (χ3v) is 3.68. The average Bonchev–Trinajstić information content (AvgIpc) is 2.60. The second-order valence-electron chi connectivity index (χ2n) is 5.34. The summed E-state index contributed by atoms with van der Waals surface area (Å²) in [5.41, 5.74) is 2.56. The SMILES string of the molecule is C[C@@H]1Cc2c(nn(C)c2C(=O)NC2COC2)[C@H](C)O1. The van der Waals surface area contributed by atoms with E-state index in [0.717, 1.165) is 17.7 Å². The van der Waals surface area contributed by atoms with Crippen LogP contribution in [-0.4, -0.2) is 41.0 Å². The number of fused-ring (bicyclic) bond motifs is 1. The summed E-state index contributed by atoms with van der Waals surface area (Å²) in [6, 6.07) is 0.132. The van der Waals surface area contributed by atoms with Gasteiger partial charge in [-0.25, -0.2) is 0 Å². The molecule has 19 heavy (non-hydrogen) atoms. The minimum atomic E-state index is -0.0640. The zero-order valence-corrected chi connectivity index (χ0v) is 11.5. The fourth-order valence-electron chi connectivity index (χ4n) is 2.72. The molecule has 2 aliphatic heterocycles. The van der Waals surface area contributed by atoms with Gasteiger partial charge in [0.2, 0.25) is 0 Å².